The Morgan fingerprint density at radius 2 is 2.38 bits per heavy atom. The number of hydrogen-bond acceptors (Lipinski definition) is 6. The van der Waals surface area contributed by atoms with Gasteiger partial charge in [0, 0.05) is 43.5 Å². The minimum Gasteiger partial charge on any atom is -0.395 e. The van der Waals surface area contributed by atoms with Gasteiger partial charge >= 0.3 is 0 Å². The normalized spacial score (nSPS) is 18.7. The van der Waals surface area contributed by atoms with E-state index in [2.05, 4.69) is 30.4 Å². The van der Waals surface area contributed by atoms with Crippen molar-refractivity contribution in [1.82, 2.24) is 20.2 Å². The second-order valence-electron chi connectivity index (χ2n) is 5.21. The van der Waals surface area contributed by atoms with Gasteiger partial charge in [-0.15, -0.1) is 0 Å². The fourth-order valence-corrected chi connectivity index (χ4v) is 2.73. The topological polar surface area (TPSA) is 90.0 Å². The first-order valence-electron chi connectivity index (χ1n) is 7.28. The molecule has 1 saturated heterocycles. The van der Waals surface area contributed by atoms with Crippen LogP contribution in [-0.4, -0.2) is 51.5 Å². The highest BCUT2D eigenvalue weighted by Gasteiger charge is 2.23. The molecule has 0 aromatic carbocycles. The van der Waals surface area contributed by atoms with Gasteiger partial charge in [-0.3, -0.25) is 5.10 Å². The van der Waals surface area contributed by atoms with Gasteiger partial charge in [-0.25, -0.2) is 9.97 Å². The molecular formula is C14H20N6O. The first-order valence-corrected chi connectivity index (χ1v) is 7.28. The summed E-state index contributed by atoms with van der Waals surface area (Å²) < 4.78 is 0. The Bertz CT molecular complexity index is 558. The summed E-state index contributed by atoms with van der Waals surface area (Å²) in [4.78, 5) is 10.8. The van der Waals surface area contributed by atoms with Gasteiger partial charge in [0.1, 0.15) is 18.0 Å². The van der Waals surface area contributed by atoms with Crippen molar-refractivity contribution in [3.8, 4) is 0 Å². The molecule has 0 radical (unpaired) electrons. The number of aromatic nitrogens is 4. The van der Waals surface area contributed by atoms with Crippen LogP contribution in [0, 0.1) is 0 Å². The lowest BCUT2D eigenvalue weighted by Gasteiger charge is -2.33. The molecule has 0 unspecified atom stereocenters. The standard InChI is InChI=1S/C14H20N6O/c21-7-5-15-13-8-14(17-10-16-13)20-6-1-2-11(9-20)12-3-4-18-19-12/h3-4,8,10-11,21H,1-2,5-7,9H2,(H,18,19)(H,15,16,17)/t11-/m0/s1. The summed E-state index contributed by atoms with van der Waals surface area (Å²) in [5.74, 6) is 2.14. The van der Waals surface area contributed by atoms with Gasteiger partial charge in [0.25, 0.3) is 0 Å². The molecule has 0 spiro atoms. The van der Waals surface area contributed by atoms with Crippen LogP contribution in [0.5, 0.6) is 0 Å². The second-order valence-corrected chi connectivity index (χ2v) is 5.21. The predicted molar refractivity (Wildman–Crippen MR) is 80.4 cm³/mol. The van der Waals surface area contributed by atoms with Crippen LogP contribution < -0.4 is 10.2 Å². The maximum absolute atomic E-state index is 8.86. The Labute approximate surface area is 123 Å². The second kappa shape index (κ2) is 6.53. The number of piperidine rings is 1. The van der Waals surface area contributed by atoms with Gasteiger partial charge in [-0.2, -0.15) is 5.10 Å². The van der Waals surface area contributed by atoms with E-state index in [1.165, 1.54) is 12.1 Å². The molecule has 0 amide bonds. The van der Waals surface area contributed by atoms with Crippen LogP contribution in [0.2, 0.25) is 0 Å². The first-order chi connectivity index (χ1) is 10.4. The third-order valence-electron chi connectivity index (χ3n) is 3.78. The van der Waals surface area contributed by atoms with Crippen molar-refractivity contribution in [1.29, 1.82) is 0 Å². The van der Waals surface area contributed by atoms with E-state index in [-0.39, 0.29) is 6.61 Å². The average Bonchev–Trinajstić information content (AvgIpc) is 3.08. The summed E-state index contributed by atoms with van der Waals surface area (Å²) in [6, 6.07) is 3.98. The van der Waals surface area contributed by atoms with Crippen molar-refractivity contribution in [2.75, 3.05) is 36.5 Å². The van der Waals surface area contributed by atoms with E-state index in [9.17, 15) is 0 Å². The lowest BCUT2D eigenvalue weighted by Crippen LogP contribution is -2.35. The largest absolute Gasteiger partial charge is 0.395 e. The Kier molecular flexibility index (Phi) is 4.30. The number of H-pyrrole nitrogens is 1. The molecule has 0 aliphatic carbocycles. The molecule has 112 valence electrons. The van der Waals surface area contributed by atoms with Crippen LogP contribution in [0.15, 0.2) is 24.7 Å². The molecule has 1 aliphatic heterocycles. The number of anilines is 2. The minimum atomic E-state index is 0.0882. The highest BCUT2D eigenvalue weighted by molar-refractivity contribution is 5.49. The van der Waals surface area contributed by atoms with Crippen molar-refractivity contribution >= 4 is 11.6 Å². The van der Waals surface area contributed by atoms with Gasteiger partial charge in [0.05, 0.1) is 6.61 Å². The molecule has 1 aliphatic rings. The smallest absolute Gasteiger partial charge is 0.134 e. The maximum Gasteiger partial charge on any atom is 0.134 e. The third-order valence-corrected chi connectivity index (χ3v) is 3.78. The zero-order chi connectivity index (χ0) is 14.5. The molecule has 3 rings (SSSR count). The molecule has 7 nitrogen and oxygen atoms in total. The molecule has 0 bridgehead atoms. The number of nitrogens with zero attached hydrogens (tertiary/aromatic N) is 4. The summed E-state index contributed by atoms with van der Waals surface area (Å²) in [5, 5.41) is 19.0. The Balaban J connectivity index is 1.71. The first kappa shape index (κ1) is 13.8. The number of nitrogens with one attached hydrogen (secondary N) is 2. The van der Waals surface area contributed by atoms with Gasteiger partial charge in [0.2, 0.25) is 0 Å². The van der Waals surface area contributed by atoms with E-state index in [1.54, 1.807) is 12.5 Å². The van der Waals surface area contributed by atoms with Gasteiger partial charge in [-0.1, -0.05) is 0 Å². The average molecular weight is 288 g/mol. The number of hydrogen-bond donors (Lipinski definition) is 3. The van der Waals surface area contributed by atoms with Crippen molar-refractivity contribution in [2.45, 2.75) is 18.8 Å². The summed E-state index contributed by atoms with van der Waals surface area (Å²) in [6.45, 7) is 2.51. The van der Waals surface area contributed by atoms with Crippen molar-refractivity contribution in [3.05, 3.63) is 30.4 Å². The van der Waals surface area contributed by atoms with Crippen LogP contribution in [-0.2, 0) is 0 Å². The summed E-state index contributed by atoms with van der Waals surface area (Å²) >= 11 is 0. The third kappa shape index (κ3) is 3.30. The Morgan fingerprint density at radius 1 is 1.43 bits per heavy atom. The highest BCUT2D eigenvalue weighted by Crippen LogP contribution is 2.28. The zero-order valence-electron chi connectivity index (χ0n) is 11.9. The van der Waals surface area contributed by atoms with Crippen LogP contribution in [0.4, 0.5) is 11.6 Å². The lowest BCUT2D eigenvalue weighted by molar-refractivity contribution is 0.311. The number of aliphatic hydroxyl groups excluding tert-OH is 1. The lowest BCUT2D eigenvalue weighted by atomic mass is 9.95. The minimum absolute atomic E-state index is 0.0882. The summed E-state index contributed by atoms with van der Waals surface area (Å²) in [6.07, 6.45) is 5.66. The number of rotatable bonds is 5. The van der Waals surface area contributed by atoms with Crippen LogP contribution in [0.1, 0.15) is 24.5 Å². The molecule has 3 heterocycles. The van der Waals surface area contributed by atoms with Gasteiger partial charge in [0.15, 0.2) is 0 Å². The molecular weight excluding hydrogens is 268 g/mol. The van der Waals surface area contributed by atoms with E-state index in [1.807, 2.05) is 12.1 Å². The molecule has 1 fully saturated rings. The highest BCUT2D eigenvalue weighted by atomic mass is 16.3. The van der Waals surface area contributed by atoms with Gasteiger partial charge in [-0.05, 0) is 18.9 Å². The molecule has 1 atom stereocenters. The van der Waals surface area contributed by atoms with E-state index < -0.39 is 0 Å². The quantitative estimate of drug-likeness (QED) is 0.760. The molecule has 2 aromatic rings. The maximum atomic E-state index is 8.86. The monoisotopic (exact) mass is 288 g/mol. The summed E-state index contributed by atoms with van der Waals surface area (Å²) in [5.41, 5.74) is 1.19. The fourth-order valence-electron chi connectivity index (χ4n) is 2.73. The fraction of sp³-hybridized carbons (Fsp3) is 0.500. The van der Waals surface area contributed by atoms with Crippen molar-refractivity contribution in [2.24, 2.45) is 0 Å². The van der Waals surface area contributed by atoms with Crippen molar-refractivity contribution < 1.29 is 5.11 Å². The molecule has 0 saturated carbocycles. The SMILES string of the molecule is OCCNc1cc(N2CCC[C@H](c3ccn[nH]3)C2)ncn1. The van der Waals surface area contributed by atoms with E-state index in [0.29, 0.717) is 12.5 Å². The van der Waals surface area contributed by atoms with Crippen LogP contribution in [0.3, 0.4) is 0 Å². The Hall–Kier alpha value is -2.15. The number of aliphatic hydroxyl groups is 1. The zero-order valence-corrected chi connectivity index (χ0v) is 11.9. The van der Waals surface area contributed by atoms with Crippen LogP contribution in [0.25, 0.3) is 0 Å². The predicted octanol–water partition coefficient (Wildman–Crippen LogP) is 0.988. The number of aromatic amines is 1. The molecule has 2 aromatic heterocycles. The van der Waals surface area contributed by atoms with Crippen molar-refractivity contribution in [3.63, 3.8) is 0 Å². The van der Waals surface area contributed by atoms with Gasteiger partial charge < -0.3 is 15.3 Å². The molecule has 7 heteroatoms. The summed E-state index contributed by atoms with van der Waals surface area (Å²) in [7, 11) is 0. The Morgan fingerprint density at radius 3 is 3.19 bits per heavy atom. The van der Waals surface area contributed by atoms with E-state index in [4.69, 9.17) is 5.11 Å². The molecule has 21 heavy (non-hydrogen) atoms. The van der Waals surface area contributed by atoms with Crippen LogP contribution >= 0.6 is 0 Å². The molecule has 3 N–H and O–H groups in total. The van der Waals surface area contributed by atoms with E-state index in [0.717, 1.165) is 31.1 Å². The van der Waals surface area contributed by atoms with E-state index >= 15 is 0 Å².